The van der Waals surface area contributed by atoms with Crippen LogP contribution in [0.4, 0.5) is 15.8 Å². The average Bonchev–Trinajstić information content (AvgIpc) is 2.58. The maximum atomic E-state index is 13.0. The molecule has 23 heavy (non-hydrogen) atoms. The molecule has 0 aliphatic heterocycles. The number of anilines is 2. The molecule has 3 aromatic carbocycles. The number of rotatable bonds is 4. The highest BCUT2D eigenvalue weighted by atomic mass is 19.1. The van der Waals surface area contributed by atoms with Crippen LogP contribution in [0.3, 0.4) is 0 Å². The van der Waals surface area contributed by atoms with E-state index in [-0.39, 0.29) is 5.82 Å². The highest BCUT2D eigenvalue weighted by molar-refractivity contribution is 5.63. The second-order valence-corrected chi connectivity index (χ2v) is 5.44. The van der Waals surface area contributed by atoms with Crippen molar-refractivity contribution in [2.75, 3.05) is 11.9 Å². The predicted molar refractivity (Wildman–Crippen MR) is 92.2 cm³/mol. The Kier molecular flexibility index (Phi) is 4.29. The monoisotopic (exact) mass is 307 g/mol. The first-order valence-corrected chi connectivity index (χ1v) is 7.46. The van der Waals surface area contributed by atoms with E-state index in [9.17, 15) is 4.39 Å². The van der Waals surface area contributed by atoms with E-state index in [4.69, 9.17) is 4.74 Å². The van der Waals surface area contributed by atoms with E-state index in [1.54, 1.807) is 12.1 Å². The molecule has 3 heteroatoms. The molecule has 0 fully saturated rings. The third-order valence-electron chi connectivity index (χ3n) is 3.69. The SMILES string of the molecule is Cc1ccc(Oc2ccc(N(C)c3ccc(F)cc3)cc2)cc1. The molecule has 0 aliphatic carbocycles. The Hall–Kier alpha value is -2.81. The fourth-order valence-corrected chi connectivity index (χ4v) is 2.29. The molecule has 0 saturated heterocycles. The van der Waals surface area contributed by atoms with E-state index < -0.39 is 0 Å². The lowest BCUT2D eigenvalue weighted by molar-refractivity contribution is 0.482. The van der Waals surface area contributed by atoms with Gasteiger partial charge in [-0.2, -0.15) is 0 Å². The summed E-state index contributed by atoms with van der Waals surface area (Å²) in [7, 11) is 1.95. The first-order chi connectivity index (χ1) is 11.1. The van der Waals surface area contributed by atoms with Crippen LogP contribution in [-0.4, -0.2) is 7.05 Å². The van der Waals surface area contributed by atoms with Crippen LogP contribution in [0, 0.1) is 12.7 Å². The number of hydrogen-bond donors (Lipinski definition) is 0. The molecule has 0 spiro atoms. The summed E-state index contributed by atoms with van der Waals surface area (Å²) in [4.78, 5) is 2.00. The second-order valence-electron chi connectivity index (χ2n) is 5.44. The maximum absolute atomic E-state index is 13.0. The summed E-state index contributed by atoms with van der Waals surface area (Å²) >= 11 is 0. The summed E-state index contributed by atoms with van der Waals surface area (Å²) in [5.74, 6) is 1.37. The van der Waals surface area contributed by atoms with Gasteiger partial charge in [-0.1, -0.05) is 17.7 Å². The molecule has 0 saturated carbocycles. The Morgan fingerprint density at radius 3 is 1.65 bits per heavy atom. The van der Waals surface area contributed by atoms with Gasteiger partial charge in [0.2, 0.25) is 0 Å². The quantitative estimate of drug-likeness (QED) is 0.613. The van der Waals surface area contributed by atoms with Gasteiger partial charge in [-0.05, 0) is 67.6 Å². The standard InChI is InChI=1S/C20H18FNO/c1-15-3-11-19(12-4-15)23-20-13-9-18(10-14-20)22(2)17-7-5-16(21)6-8-17/h3-14H,1-2H3. The van der Waals surface area contributed by atoms with Gasteiger partial charge >= 0.3 is 0 Å². The third kappa shape index (κ3) is 3.69. The summed E-state index contributed by atoms with van der Waals surface area (Å²) in [5, 5.41) is 0. The number of benzene rings is 3. The molecular formula is C20H18FNO. The van der Waals surface area contributed by atoms with E-state index in [2.05, 4.69) is 0 Å². The van der Waals surface area contributed by atoms with Crippen molar-refractivity contribution >= 4 is 11.4 Å². The van der Waals surface area contributed by atoms with Crippen LogP contribution in [0.5, 0.6) is 11.5 Å². The van der Waals surface area contributed by atoms with Gasteiger partial charge in [0, 0.05) is 18.4 Å². The molecule has 0 unspecified atom stereocenters. The third-order valence-corrected chi connectivity index (χ3v) is 3.69. The molecule has 0 atom stereocenters. The minimum Gasteiger partial charge on any atom is -0.457 e. The zero-order valence-electron chi connectivity index (χ0n) is 13.2. The Bertz CT molecular complexity index is 764. The van der Waals surface area contributed by atoms with Crippen molar-refractivity contribution in [3.8, 4) is 11.5 Å². The predicted octanol–water partition coefficient (Wildman–Crippen LogP) is 5.69. The first-order valence-electron chi connectivity index (χ1n) is 7.46. The van der Waals surface area contributed by atoms with Crippen molar-refractivity contribution < 1.29 is 9.13 Å². The second kappa shape index (κ2) is 6.53. The zero-order valence-corrected chi connectivity index (χ0v) is 13.2. The highest BCUT2D eigenvalue weighted by Gasteiger charge is 2.05. The Morgan fingerprint density at radius 2 is 1.13 bits per heavy atom. The van der Waals surface area contributed by atoms with Gasteiger partial charge < -0.3 is 9.64 Å². The number of halogens is 1. The topological polar surface area (TPSA) is 12.5 Å². The Balaban J connectivity index is 1.73. The van der Waals surface area contributed by atoms with Crippen molar-refractivity contribution in [2.45, 2.75) is 6.92 Å². The number of nitrogens with zero attached hydrogens (tertiary/aromatic N) is 1. The normalized spacial score (nSPS) is 10.4. The Labute approximate surface area is 135 Å². The van der Waals surface area contributed by atoms with Gasteiger partial charge in [0.15, 0.2) is 0 Å². The van der Waals surface area contributed by atoms with Crippen molar-refractivity contribution in [1.29, 1.82) is 0 Å². The van der Waals surface area contributed by atoms with Gasteiger partial charge in [-0.25, -0.2) is 4.39 Å². The van der Waals surface area contributed by atoms with Crippen LogP contribution in [0.2, 0.25) is 0 Å². The number of aryl methyl sites for hydroxylation is 1. The minimum atomic E-state index is -0.232. The molecular weight excluding hydrogens is 289 g/mol. The van der Waals surface area contributed by atoms with Crippen LogP contribution in [0.1, 0.15) is 5.56 Å². The molecule has 0 amide bonds. The van der Waals surface area contributed by atoms with E-state index in [1.807, 2.05) is 67.4 Å². The zero-order chi connectivity index (χ0) is 16.2. The van der Waals surface area contributed by atoms with Crippen molar-refractivity contribution in [3.05, 3.63) is 84.2 Å². The molecule has 3 rings (SSSR count). The van der Waals surface area contributed by atoms with Gasteiger partial charge in [0.05, 0.1) is 0 Å². The molecule has 0 radical (unpaired) electrons. The number of hydrogen-bond acceptors (Lipinski definition) is 2. The summed E-state index contributed by atoms with van der Waals surface area (Å²) < 4.78 is 18.8. The lowest BCUT2D eigenvalue weighted by Crippen LogP contribution is -2.08. The van der Waals surface area contributed by atoms with Crippen molar-refractivity contribution in [1.82, 2.24) is 0 Å². The molecule has 0 aromatic heterocycles. The summed E-state index contributed by atoms with van der Waals surface area (Å²) in [6.07, 6.45) is 0. The van der Waals surface area contributed by atoms with Crippen LogP contribution < -0.4 is 9.64 Å². The van der Waals surface area contributed by atoms with E-state index in [1.165, 1.54) is 17.7 Å². The smallest absolute Gasteiger partial charge is 0.127 e. The lowest BCUT2D eigenvalue weighted by Gasteiger charge is -2.19. The largest absolute Gasteiger partial charge is 0.457 e. The number of ether oxygens (including phenoxy) is 1. The van der Waals surface area contributed by atoms with Gasteiger partial charge in [0.1, 0.15) is 17.3 Å². The summed E-state index contributed by atoms with van der Waals surface area (Å²) in [5.41, 5.74) is 3.14. The fraction of sp³-hybridized carbons (Fsp3) is 0.100. The molecule has 0 aliphatic rings. The molecule has 2 nitrogen and oxygen atoms in total. The van der Waals surface area contributed by atoms with Crippen LogP contribution in [0.15, 0.2) is 72.8 Å². The van der Waals surface area contributed by atoms with E-state index in [0.717, 1.165) is 22.9 Å². The molecule has 0 N–H and O–H groups in total. The van der Waals surface area contributed by atoms with Crippen molar-refractivity contribution in [2.24, 2.45) is 0 Å². The summed E-state index contributed by atoms with van der Waals surface area (Å²) in [6.45, 7) is 2.05. The summed E-state index contributed by atoms with van der Waals surface area (Å²) in [6, 6.07) is 22.2. The molecule has 116 valence electrons. The van der Waals surface area contributed by atoms with E-state index in [0.29, 0.717) is 0 Å². The lowest BCUT2D eigenvalue weighted by atomic mass is 10.2. The fourth-order valence-electron chi connectivity index (χ4n) is 2.29. The van der Waals surface area contributed by atoms with Gasteiger partial charge in [-0.3, -0.25) is 0 Å². The first kappa shape index (κ1) is 15.1. The highest BCUT2D eigenvalue weighted by Crippen LogP contribution is 2.28. The molecule has 3 aromatic rings. The maximum Gasteiger partial charge on any atom is 0.127 e. The van der Waals surface area contributed by atoms with Crippen LogP contribution in [-0.2, 0) is 0 Å². The van der Waals surface area contributed by atoms with Gasteiger partial charge in [-0.15, -0.1) is 0 Å². The Morgan fingerprint density at radius 1 is 0.696 bits per heavy atom. The minimum absolute atomic E-state index is 0.232. The molecule has 0 bridgehead atoms. The average molecular weight is 307 g/mol. The molecule has 0 heterocycles. The van der Waals surface area contributed by atoms with E-state index >= 15 is 0 Å². The van der Waals surface area contributed by atoms with Crippen molar-refractivity contribution in [3.63, 3.8) is 0 Å². The van der Waals surface area contributed by atoms with Gasteiger partial charge in [0.25, 0.3) is 0 Å². The van der Waals surface area contributed by atoms with Crippen LogP contribution >= 0.6 is 0 Å². The van der Waals surface area contributed by atoms with Crippen LogP contribution in [0.25, 0.3) is 0 Å².